The molecule has 15 heteroatoms. The van der Waals surface area contributed by atoms with E-state index in [1.54, 1.807) is 26.3 Å². The molecule has 0 unspecified atom stereocenters. The highest BCUT2D eigenvalue weighted by Crippen LogP contribution is 2.46. The third kappa shape index (κ3) is 9.63. The molecule has 1 fully saturated rings. The fraction of sp³-hybridized carbons (Fsp3) is 0.326. The number of esters is 1. The predicted octanol–water partition coefficient (Wildman–Crippen LogP) is 8.15. The summed E-state index contributed by atoms with van der Waals surface area (Å²) in [6.45, 7) is 9.63. The number of ether oxygens (including phenoxy) is 5. The lowest BCUT2D eigenvalue weighted by atomic mass is 10.0. The van der Waals surface area contributed by atoms with E-state index in [9.17, 15) is 4.79 Å². The van der Waals surface area contributed by atoms with Crippen molar-refractivity contribution in [1.29, 1.82) is 0 Å². The van der Waals surface area contributed by atoms with Gasteiger partial charge in [-0.1, -0.05) is 48.0 Å². The van der Waals surface area contributed by atoms with E-state index in [2.05, 4.69) is 54.4 Å². The first kappa shape index (κ1) is 41.5. The maximum Gasteiger partial charge on any atom is 0.347 e. The van der Waals surface area contributed by atoms with Crippen molar-refractivity contribution >= 4 is 61.7 Å². The van der Waals surface area contributed by atoms with E-state index in [1.807, 2.05) is 67.6 Å². The van der Waals surface area contributed by atoms with Gasteiger partial charge in [0, 0.05) is 50.9 Å². The van der Waals surface area contributed by atoms with Crippen LogP contribution in [0, 0.1) is 9.81 Å². The summed E-state index contributed by atoms with van der Waals surface area (Å²) in [4.78, 5) is 37.4. The number of carbonyl (C=O) groups is 1. The molecule has 0 N–H and O–H groups in total. The topological polar surface area (TPSA) is 121 Å². The number of fused-ring (bicyclic) bond motifs is 1. The Morgan fingerprint density at radius 3 is 2.50 bits per heavy atom. The minimum absolute atomic E-state index is 0.151. The molecule has 7 rings (SSSR count). The molecular formula is C43H44ClIN6O6S. The van der Waals surface area contributed by atoms with Crippen LogP contribution in [0.2, 0.25) is 5.02 Å². The van der Waals surface area contributed by atoms with Crippen molar-refractivity contribution < 1.29 is 28.5 Å². The van der Waals surface area contributed by atoms with E-state index in [1.165, 1.54) is 17.7 Å². The molecule has 302 valence electrons. The zero-order chi connectivity index (χ0) is 40.6. The summed E-state index contributed by atoms with van der Waals surface area (Å²) in [5, 5.41) is 1.23. The van der Waals surface area contributed by atoms with Crippen LogP contribution in [0.5, 0.6) is 23.1 Å². The summed E-state index contributed by atoms with van der Waals surface area (Å²) in [6.07, 6.45) is 2.24. The van der Waals surface area contributed by atoms with Crippen molar-refractivity contribution in [2.45, 2.75) is 33.0 Å². The second-order valence-corrected chi connectivity index (χ2v) is 16.9. The minimum atomic E-state index is -1.05. The lowest BCUT2D eigenvalue weighted by Gasteiger charge is -2.32. The highest BCUT2D eigenvalue weighted by Gasteiger charge is 2.29. The van der Waals surface area contributed by atoms with Crippen LogP contribution in [0.25, 0.3) is 32.7 Å². The van der Waals surface area contributed by atoms with Gasteiger partial charge in [-0.25, -0.2) is 24.7 Å². The maximum absolute atomic E-state index is 13.6. The van der Waals surface area contributed by atoms with Gasteiger partial charge in [0.05, 0.1) is 38.3 Å². The number of aromatic nitrogens is 4. The minimum Gasteiger partial charge on any atom is -0.496 e. The number of thiophene rings is 1. The summed E-state index contributed by atoms with van der Waals surface area (Å²) < 4.78 is 31.1. The van der Waals surface area contributed by atoms with Crippen molar-refractivity contribution in [2.24, 2.45) is 0 Å². The zero-order valence-electron chi connectivity index (χ0n) is 32.7. The Morgan fingerprint density at radius 2 is 1.71 bits per heavy atom. The van der Waals surface area contributed by atoms with Crippen molar-refractivity contribution in [3.63, 3.8) is 0 Å². The summed E-state index contributed by atoms with van der Waals surface area (Å²) in [5.74, 6) is 2.16. The van der Waals surface area contributed by atoms with Gasteiger partial charge in [-0.15, -0.1) is 11.3 Å². The Bertz CT molecular complexity index is 2370. The largest absolute Gasteiger partial charge is 0.496 e. The number of para-hydroxylation sites is 2. The first-order chi connectivity index (χ1) is 28.2. The van der Waals surface area contributed by atoms with Crippen LogP contribution in [0.4, 0.5) is 0 Å². The number of halogens is 2. The summed E-state index contributed by atoms with van der Waals surface area (Å²) in [5.41, 5.74) is 4.83. The molecule has 1 atom stereocenters. The normalized spacial score (nSPS) is 14.0. The van der Waals surface area contributed by atoms with Crippen LogP contribution in [0.3, 0.4) is 0 Å². The maximum atomic E-state index is 13.6. The second-order valence-electron chi connectivity index (χ2n) is 13.7. The number of nitrogens with zero attached hydrogens (tertiary/aromatic N) is 6. The summed E-state index contributed by atoms with van der Waals surface area (Å²) in [7, 11) is 3.77. The first-order valence-electron chi connectivity index (χ1n) is 19.0. The van der Waals surface area contributed by atoms with Crippen molar-refractivity contribution in [3.8, 4) is 45.6 Å². The van der Waals surface area contributed by atoms with Gasteiger partial charge in [0.25, 0.3) is 0 Å². The molecule has 1 aliphatic heterocycles. The third-order valence-electron chi connectivity index (χ3n) is 9.91. The molecule has 0 aliphatic carbocycles. The van der Waals surface area contributed by atoms with E-state index in [-0.39, 0.29) is 25.5 Å². The monoisotopic (exact) mass is 934 g/mol. The van der Waals surface area contributed by atoms with E-state index < -0.39 is 12.1 Å². The number of piperazine rings is 1. The lowest BCUT2D eigenvalue weighted by molar-refractivity contribution is -0.151. The number of hydrogen-bond acceptors (Lipinski definition) is 13. The number of benzene rings is 3. The Morgan fingerprint density at radius 1 is 0.931 bits per heavy atom. The molecule has 3 aromatic heterocycles. The van der Waals surface area contributed by atoms with Gasteiger partial charge in [-0.2, -0.15) is 0 Å². The van der Waals surface area contributed by atoms with Gasteiger partial charge in [0.15, 0.2) is 5.82 Å². The zero-order valence-corrected chi connectivity index (χ0v) is 36.5. The van der Waals surface area contributed by atoms with Gasteiger partial charge in [-0.05, 0) is 90.5 Å². The standard InChI is InChI=1S/C43H44ClIN6O6S/c1-5-54-43(52)35(24-28-10-6-8-12-32(28)56-25-29-16-17-46-40(49-29)31-11-7-9-13-33(31)53-4)57-41-37-36(39(45)58-42(37)48-26-47-41)30-14-15-34(38(44)27(30)2)55-23-22-51-20-18-50(3)19-21-51/h6-17,26,35H,5,18-25H2,1-4H3/t35-/m1/s1. The van der Waals surface area contributed by atoms with Gasteiger partial charge in [-0.3, -0.25) is 4.90 Å². The van der Waals surface area contributed by atoms with Crippen LogP contribution in [0.15, 0.2) is 79.3 Å². The Kier molecular flexibility index (Phi) is 13.9. The van der Waals surface area contributed by atoms with Gasteiger partial charge in [0.1, 0.15) is 41.6 Å². The molecule has 3 aromatic carbocycles. The molecule has 1 saturated heterocycles. The van der Waals surface area contributed by atoms with Crippen LogP contribution in [0.1, 0.15) is 23.7 Å². The molecular weight excluding hydrogens is 891 g/mol. The number of hydrogen-bond donors (Lipinski definition) is 0. The number of rotatable bonds is 16. The predicted molar refractivity (Wildman–Crippen MR) is 234 cm³/mol. The van der Waals surface area contributed by atoms with Crippen LogP contribution in [-0.4, -0.2) is 102 Å². The first-order valence-corrected chi connectivity index (χ1v) is 21.3. The quantitative estimate of drug-likeness (QED) is 0.0688. The van der Waals surface area contributed by atoms with Crippen molar-refractivity contribution in [3.05, 3.63) is 104 Å². The smallest absolute Gasteiger partial charge is 0.347 e. The van der Waals surface area contributed by atoms with Gasteiger partial charge >= 0.3 is 5.97 Å². The highest BCUT2D eigenvalue weighted by molar-refractivity contribution is 14.1. The summed E-state index contributed by atoms with van der Waals surface area (Å²) in [6, 6.07) is 20.9. The Hall–Kier alpha value is -4.61. The van der Waals surface area contributed by atoms with E-state index in [0.717, 1.165) is 68.3 Å². The number of likely N-dealkylation sites (N-methyl/N-ethyl adjacent to an activating group) is 1. The van der Waals surface area contributed by atoms with Gasteiger partial charge < -0.3 is 28.6 Å². The Labute approximate surface area is 360 Å². The molecule has 0 amide bonds. The van der Waals surface area contributed by atoms with E-state index >= 15 is 0 Å². The number of methoxy groups -OCH3 is 1. The molecule has 6 aromatic rings. The molecule has 0 saturated carbocycles. The molecule has 0 radical (unpaired) electrons. The van der Waals surface area contributed by atoms with Crippen LogP contribution < -0.4 is 18.9 Å². The second kappa shape index (κ2) is 19.4. The van der Waals surface area contributed by atoms with Crippen LogP contribution >= 0.6 is 45.5 Å². The highest BCUT2D eigenvalue weighted by atomic mass is 127. The third-order valence-corrected chi connectivity index (χ3v) is 12.5. The van der Waals surface area contributed by atoms with Crippen molar-refractivity contribution in [1.82, 2.24) is 29.7 Å². The number of carbonyl (C=O) groups excluding carboxylic acids is 1. The molecule has 12 nitrogen and oxygen atoms in total. The fourth-order valence-corrected chi connectivity index (χ4v) is 9.03. The Balaban J connectivity index is 1.12. The SMILES string of the molecule is CCOC(=O)[C@@H](Cc1ccccc1OCc1ccnc(-c2ccccc2OC)n1)Oc1ncnc2sc(I)c(-c3ccc(OCCN4CCN(C)CC4)c(Cl)c3C)c12. The molecule has 58 heavy (non-hydrogen) atoms. The fourth-order valence-electron chi connectivity index (χ4n) is 6.75. The molecule has 1 aliphatic rings. The lowest BCUT2D eigenvalue weighted by Crippen LogP contribution is -2.45. The average molecular weight is 935 g/mol. The summed E-state index contributed by atoms with van der Waals surface area (Å²) >= 11 is 10.8. The molecule has 0 bridgehead atoms. The molecule has 0 spiro atoms. The van der Waals surface area contributed by atoms with Gasteiger partial charge in [0.2, 0.25) is 12.0 Å². The van der Waals surface area contributed by atoms with Crippen molar-refractivity contribution in [2.75, 3.05) is 60.1 Å². The molecule has 4 heterocycles. The van der Waals surface area contributed by atoms with E-state index in [0.29, 0.717) is 45.8 Å². The average Bonchev–Trinajstić information content (AvgIpc) is 3.58. The van der Waals surface area contributed by atoms with E-state index in [4.69, 9.17) is 40.3 Å². The van der Waals surface area contributed by atoms with Crippen LogP contribution in [-0.2, 0) is 22.6 Å².